The number of benzene rings is 2. The van der Waals surface area contributed by atoms with Gasteiger partial charge in [0.25, 0.3) is 11.5 Å². The molecule has 1 heterocycles. The molecule has 1 N–H and O–H groups in total. The number of hydrogen-bond acceptors (Lipinski definition) is 4. The van der Waals surface area contributed by atoms with E-state index in [2.05, 4.69) is 26.2 Å². The summed E-state index contributed by atoms with van der Waals surface area (Å²) in [7, 11) is 1.61. The maximum atomic E-state index is 12.7. The molecule has 0 aliphatic rings. The number of aromatic nitrogens is 2. The molecule has 7 heteroatoms. The van der Waals surface area contributed by atoms with E-state index in [4.69, 9.17) is 4.74 Å². The summed E-state index contributed by atoms with van der Waals surface area (Å²) in [6.07, 6.45) is 0. The van der Waals surface area contributed by atoms with Gasteiger partial charge in [0.05, 0.1) is 28.7 Å². The summed E-state index contributed by atoms with van der Waals surface area (Å²) in [6.45, 7) is 6.07. The summed E-state index contributed by atoms with van der Waals surface area (Å²) in [5.74, 6) is 0.537. The van der Waals surface area contributed by atoms with Crippen molar-refractivity contribution in [2.45, 2.75) is 33.4 Å². The molecule has 0 saturated carbocycles. The van der Waals surface area contributed by atoms with Crippen LogP contribution in [0.3, 0.4) is 0 Å². The van der Waals surface area contributed by atoms with Gasteiger partial charge in [-0.15, -0.1) is 0 Å². The van der Waals surface area contributed by atoms with E-state index in [-0.39, 0.29) is 17.5 Å². The number of halogens is 1. The first-order valence-corrected chi connectivity index (χ1v) is 9.80. The third-order valence-corrected chi connectivity index (χ3v) is 5.33. The van der Waals surface area contributed by atoms with Crippen LogP contribution in [0.4, 0.5) is 0 Å². The van der Waals surface area contributed by atoms with Gasteiger partial charge < -0.3 is 14.6 Å². The fourth-order valence-electron chi connectivity index (χ4n) is 3.14. The second-order valence-corrected chi connectivity index (χ2v) is 7.39. The highest BCUT2D eigenvalue weighted by atomic mass is 79.9. The summed E-state index contributed by atoms with van der Waals surface area (Å²) < 4.78 is 7.74. The molecule has 0 saturated heterocycles. The average Bonchev–Trinajstić information content (AvgIpc) is 2.68. The number of carbonyl (C=O) groups excluding carboxylic acids is 1. The summed E-state index contributed by atoms with van der Waals surface area (Å²) in [6, 6.07) is 10.7. The molecule has 0 radical (unpaired) electrons. The van der Waals surface area contributed by atoms with E-state index in [1.807, 2.05) is 32.0 Å². The van der Waals surface area contributed by atoms with Crippen LogP contribution in [0.25, 0.3) is 11.0 Å². The minimum atomic E-state index is -0.199. The third kappa shape index (κ3) is 3.80. The van der Waals surface area contributed by atoms with Gasteiger partial charge in [-0.25, -0.2) is 4.98 Å². The molecular weight excluding hydrogens is 422 g/mol. The molecule has 0 bridgehead atoms. The molecule has 1 amide bonds. The monoisotopic (exact) mass is 443 g/mol. The zero-order valence-corrected chi connectivity index (χ0v) is 17.8. The van der Waals surface area contributed by atoms with E-state index in [9.17, 15) is 9.59 Å². The highest BCUT2D eigenvalue weighted by molar-refractivity contribution is 9.10. The maximum Gasteiger partial charge on any atom is 0.272 e. The Labute approximate surface area is 171 Å². The first kappa shape index (κ1) is 20.1. The number of amides is 1. The topological polar surface area (TPSA) is 73.2 Å². The molecular formula is C21H22BrN3O3. The average molecular weight is 444 g/mol. The van der Waals surface area contributed by atoms with Gasteiger partial charge in [0, 0.05) is 12.1 Å². The van der Waals surface area contributed by atoms with Gasteiger partial charge in [-0.3, -0.25) is 9.59 Å². The zero-order chi connectivity index (χ0) is 20.4. The molecule has 3 aromatic rings. The van der Waals surface area contributed by atoms with Crippen LogP contribution in [0.2, 0.25) is 0 Å². The number of fused-ring (bicyclic) bond motifs is 1. The molecule has 1 atom stereocenters. The Hall–Kier alpha value is -2.67. The van der Waals surface area contributed by atoms with Gasteiger partial charge in [-0.05, 0) is 72.6 Å². The van der Waals surface area contributed by atoms with Crippen LogP contribution in [0, 0.1) is 6.92 Å². The molecule has 28 heavy (non-hydrogen) atoms. The van der Waals surface area contributed by atoms with Crippen LogP contribution in [-0.4, -0.2) is 22.6 Å². The smallest absolute Gasteiger partial charge is 0.272 e. The summed E-state index contributed by atoms with van der Waals surface area (Å²) in [5, 5.41) is 3.00. The van der Waals surface area contributed by atoms with E-state index in [0.29, 0.717) is 23.3 Å². The van der Waals surface area contributed by atoms with Crippen LogP contribution < -0.4 is 15.6 Å². The number of methoxy groups -OCH3 is 1. The number of carbonyl (C=O) groups is 1. The van der Waals surface area contributed by atoms with Gasteiger partial charge in [0.2, 0.25) is 0 Å². The predicted molar refractivity (Wildman–Crippen MR) is 113 cm³/mol. The predicted octanol–water partition coefficient (Wildman–Crippen LogP) is 3.99. The Balaban J connectivity index is 1.88. The Morgan fingerprint density at radius 3 is 2.68 bits per heavy atom. The Kier molecular flexibility index (Phi) is 5.84. The molecule has 0 aliphatic carbocycles. The normalized spacial score (nSPS) is 12.0. The van der Waals surface area contributed by atoms with Crippen molar-refractivity contribution in [2.24, 2.45) is 0 Å². The quantitative estimate of drug-likeness (QED) is 0.646. The van der Waals surface area contributed by atoms with E-state index >= 15 is 0 Å². The van der Waals surface area contributed by atoms with Crippen molar-refractivity contribution in [3.05, 3.63) is 68.0 Å². The highest BCUT2D eigenvalue weighted by Crippen LogP contribution is 2.28. The van der Waals surface area contributed by atoms with Crippen LogP contribution in [0.15, 0.2) is 45.7 Å². The first-order chi connectivity index (χ1) is 13.3. The maximum absolute atomic E-state index is 12.7. The van der Waals surface area contributed by atoms with Gasteiger partial charge in [-0.2, -0.15) is 0 Å². The fourth-order valence-corrected chi connectivity index (χ4v) is 3.70. The molecule has 2 aromatic carbocycles. The number of rotatable bonds is 5. The Bertz CT molecular complexity index is 1110. The van der Waals surface area contributed by atoms with E-state index < -0.39 is 0 Å². The van der Waals surface area contributed by atoms with E-state index in [1.54, 1.807) is 36.8 Å². The molecule has 1 aromatic heterocycles. The molecule has 3 rings (SSSR count). The molecule has 146 valence electrons. The second-order valence-electron chi connectivity index (χ2n) is 6.54. The lowest BCUT2D eigenvalue weighted by Gasteiger charge is -2.16. The van der Waals surface area contributed by atoms with E-state index in [0.717, 1.165) is 21.3 Å². The highest BCUT2D eigenvalue weighted by Gasteiger charge is 2.15. The first-order valence-electron chi connectivity index (χ1n) is 9.01. The molecule has 6 nitrogen and oxygen atoms in total. The number of nitrogens with zero attached hydrogens (tertiary/aromatic N) is 2. The Morgan fingerprint density at radius 2 is 2.04 bits per heavy atom. The summed E-state index contributed by atoms with van der Waals surface area (Å²) in [5.41, 5.74) is 3.12. The minimum absolute atomic E-state index is 0.106. The van der Waals surface area contributed by atoms with Crippen LogP contribution >= 0.6 is 15.9 Å². The van der Waals surface area contributed by atoms with Crippen LogP contribution in [0.5, 0.6) is 5.75 Å². The van der Waals surface area contributed by atoms with Gasteiger partial charge in [0.1, 0.15) is 11.4 Å². The van der Waals surface area contributed by atoms with Gasteiger partial charge >= 0.3 is 0 Å². The lowest BCUT2D eigenvalue weighted by atomic mass is 10.1. The largest absolute Gasteiger partial charge is 0.496 e. The number of ether oxygens (including phenoxy) is 1. The van der Waals surface area contributed by atoms with E-state index in [1.165, 1.54) is 0 Å². The summed E-state index contributed by atoms with van der Waals surface area (Å²) >= 11 is 3.47. The van der Waals surface area contributed by atoms with Gasteiger partial charge in [-0.1, -0.05) is 6.07 Å². The van der Waals surface area contributed by atoms with Crippen molar-refractivity contribution >= 4 is 32.9 Å². The van der Waals surface area contributed by atoms with Gasteiger partial charge in [0.15, 0.2) is 0 Å². The number of nitrogens with one attached hydrogen (secondary N) is 1. The van der Waals surface area contributed by atoms with Crippen molar-refractivity contribution in [1.82, 2.24) is 14.9 Å². The molecule has 1 unspecified atom stereocenters. The zero-order valence-electron chi connectivity index (χ0n) is 16.2. The minimum Gasteiger partial charge on any atom is -0.496 e. The molecule has 0 aliphatic heterocycles. The Morgan fingerprint density at radius 1 is 1.29 bits per heavy atom. The van der Waals surface area contributed by atoms with Crippen molar-refractivity contribution in [3.8, 4) is 5.75 Å². The standard InChI is InChI=1S/C21H22BrN3O3/c1-5-25-18-8-6-15(11-17(18)23-13(3)21(25)27)20(26)24-12(2)14-7-9-19(28-4)16(22)10-14/h6-12H,5H2,1-4H3,(H,24,26). The number of aryl methyl sites for hydroxylation is 2. The van der Waals surface area contributed by atoms with Crippen LogP contribution in [0.1, 0.15) is 41.5 Å². The van der Waals surface area contributed by atoms with Crippen molar-refractivity contribution in [2.75, 3.05) is 7.11 Å². The van der Waals surface area contributed by atoms with Crippen molar-refractivity contribution in [1.29, 1.82) is 0 Å². The lowest BCUT2D eigenvalue weighted by Crippen LogP contribution is -2.27. The second kappa shape index (κ2) is 8.14. The van der Waals surface area contributed by atoms with Crippen LogP contribution in [-0.2, 0) is 6.54 Å². The third-order valence-electron chi connectivity index (χ3n) is 4.71. The summed E-state index contributed by atoms with van der Waals surface area (Å²) in [4.78, 5) is 29.3. The molecule has 0 fully saturated rings. The fraction of sp³-hybridized carbons (Fsp3) is 0.286. The van der Waals surface area contributed by atoms with Crippen molar-refractivity contribution < 1.29 is 9.53 Å². The lowest BCUT2D eigenvalue weighted by molar-refractivity contribution is 0.0940. The SMILES string of the molecule is CCn1c(=O)c(C)nc2cc(C(=O)NC(C)c3ccc(OC)c(Br)c3)ccc21. The van der Waals surface area contributed by atoms with Crippen molar-refractivity contribution in [3.63, 3.8) is 0 Å². The molecule has 0 spiro atoms. The number of hydrogen-bond donors (Lipinski definition) is 1.